The van der Waals surface area contributed by atoms with Crippen molar-refractivity contribution in [2.45, 2.75) is 37.5 Å². The first-order chi connectivity index (χ1) is 14.1. The van der Waals surface area contributed by atoms with Gasteiger partial charge in [0.25, 0.3) is 0 Å². The summed E-state index contributed by atoms with van der Waals surface area (Å²) in [7, 11) is 6.53. The summed E-state index contributed by atoms with van der Waals surface area (Å²) in [5.74, 6) is 0.998. The smallest absolute Gasteiger partial charge is 0.119 e. The zero-order valence-corrected chi connectivity index (χ0v) is 18.9. The van der Waals surface area contributed by atoms with E-state index in [1.54, 1.807) is 0 Å². The van der Waals surface area contributed by atoms with Gasteiger partial charge in [0.2, 0.25) is 0 Å². The summed E-state index contributed by atoms with van der Waals surface area (Å²) in [6.45, 7) is 9.49. The van der Waals surface area contributed by atoms with Crippen LogP contribution in [0.3, 0.4) is 0 Å². The molecule has 3 rings (SSSR count). The average Bonchev–Trinajstić information content (AvgIpc) is 3.24. The Morgan fingerprint density at radius 1 is 1.00 bits per heavy atom. The van der Waals surface area contributed by atoms with Crippen LogP contribution >= 0.6 is 0 Å². The molecule has 164 valence electrons. The SMILES string of the molecule is CN(C)CCN(C)CC1(c2ccc(OCCCN3CCCC3)cc2)CCOCC1. The second-order valence-electron chi connectivity index (χ2n) is 9.21. The van der Waals surface area contributed by atoms with Crippen molar-refractivity contribution >= 4 is 0 Å². The molecule has 2 aliphatic heterocycles. The molecule has 0 aliphatic carbocycles. The highest BCUT2D eigenvalue weighted by atomic mass is 16.5. The number of rotatable bonds is 11. The molecule has 5 nitrogen and oxygen atoms in total. The van der Waals surface area contributed by atoms with Crippen LogP contribution in [0, 0.1) is 0 Å². The van der Waals surface area contributed by atoms with Crippen molar-refractivity contribution in [1.82, 2.24) is 14.7 Å². The van der Waals surface area contributed by atoms with Crippen LogP contribution in [0.15, 0.2) is 24.3 Å². The van der Waals surface area contributed by atoms with Gasteiger partial charge in [-0.2, -0.15) is 0 Å². The van der Waals surface area contributed by atoms with Crippen LogP contribution in [0.1, 0.15) is 37.7 Å². The van der Waals surface area contributed by atoms with Crippen molar-refractivity contribution in [2.75, 3.05) is 80.2 Å². The Kier molecular flexibility index (Phi) is 8.79. The molecule has 0 bridgehead atoms. The third kappa shape index (κ3) is 6.95. The molecule has 0 radical (unpaired) electrons. The van der Waals surface area contributed by atoms with E-state index in [-0.39, 0.29) is 5.41 Å². The van der Waals surface area contributed by atoms with Gasteiger partial charge in [0.1, 0.15) is 5.75 Å². The van der Waals surface area contributed by atoms with E-state index in [0.717, 1.165) is 64.5 Å². The van der Waals surface area contributed by atoms with Crippen molar-refractivity contribution in [2.24, 2.45) is 0 Å². The molecule has 0 saturated carbocycles. The van der Waals surface area contributed by atoms with Gasteiger partial charge in [-0.05, 0) is 84.0 Å². The van der Waals surface area contributed by atoms with E-state index < -0.39 is 0 Å². The largest absolute Gasteiger partial charge is 0.494 e. The molecule has 0 aromatic heterocycles. The van der Waals surface area contributed by atoms with Crippen molar-refractivity contribution < 1.29 is 9.47 Å². The summed E-state index contributed by atoms with van der Waals surface area (Å²) >= 11 is 0. The van der Waals surface area contributed by atoms with Crippen LogP contribution in [0.25, 0.3) is 0 Å². The highest BCUT2D eigenvalue weighted by molar-refractivity contribution is 5.33. The first kappa shape index (κ1) is 22.5. The van der Waals surface area contributed by atoms with Gasteiger partial charge >= 0.3 is 0 Å². The molecular formula is C24H41N3O2. The van der Waals surface area contributed by atoms with Crippen molar-refractivity contribution in [3.63, 3.8) is 0 Å². The fourth-order valence-electron chi connectivity index (χ4n) is 4.66. The molecule has 0 spiro atoms. The van der Waals surface area contributed by atoms with E-state index in [2.05, 4.69) is 60.1 Å². The number of ether oxygens (including phenoxy) is 2. The normalized spacial score (nSPS) is 19.9. The monoisotopic (exact) mass is 403 g/mol. The first-order valence-corrected chi connectivity index (χ1v) is 11.4. The maximum atomic E-state index is 6.02. The van der Waals surface area contributed by atoms with Crippen molar-refractivity contribution in [3.05, 3.63) is 29.8 Å². The van der Waals surface area contributed by atoms with Gasteiger partial charge in [-0.1, -0.05) is 12.1 Å². The van der Waals surface area contributed by atoms with E-state index >= 15 is 0 Å². The van der Waals surface area contributed by atoms with Crippen LogP contribution in [-0.4, -0.2) is 94.9 Å². The number of nitrogens with zero attached hydrogens (tertiary/aromatic N) is 3. The summed E-state index contributed by atoms with van der Waals surface area (Å²) < 4.78 is 11.7. The van der Waals surface area contributed by atoms with Crippen LogP contribution in [0.4, 0.5) is 0 Å². The van der Waals surface area contributed by atoms with E-state index in [4.69, 9.17) is 9.47 Å². The number of likely N-dealkylation sites (tertiary alicyclic amines) is 1. The lowest BCUT2D eigenvalue weighted by Gasteiger charge is -2.41. The summed E-state index contributed by atoms with van der Waals surface area (Å²) in [6, 6.07) is 8.92. The Balaban J connectivity index is 1.53. The molecule has 0 N–H and O–H groups in total. The Morgan fingerprint density at radius 2 is 1.69 bits per heavy atom. The summed E-state index contributed by atoms with van der Waals surface area (Å²) in [5.41, 5.74) is 1.62. The number of benzene rings is 1. The maximum absolute atomic E-state index is 6.02. The van der Waals surface area contributed by atoms with Crippen LogP contribution in [0.2, 0.25) is 0 Å². The second kappa shape index (κ2) is 11.3. The van der Waals surface area contributed by atoms with Gasteiger partial charge in [0.15, 0.2) is 0 Å². The maximum Gasteiger partial charge on any atom is 0.119 e. The second-order valence-corrected chi connectivity index (χ2v) is 9.21. The predicted octanol–water partition coefficient (Wildman–Crippen LogP) is 3.09. The molecule has 2 saturated heterocycles. The van der Waals surface area contributed by atoms with Gasteiger partial charge < -0.3 is 24.2 Å². The Hall–Kier alpha value is -1.14. The van der Waals surface area contributed by atoms with Crippen LogP contribution in [-0.2, 0) is 10.2 Å². The standard InChI is InChI=1S/C24H41N3O2/c1-25(2)16-17-26(3)21-24(11-19-28-20-12-24)22-7-9-23(10-8-22)29-18-6-15-27-13-4-5-14-27/h7-10H,4-6,11-21H2,1-3H3. The van der Waals surface area contributed by atoms with E-state index in [1.807, 2.05) is 0 Å². The number of hydrogen-bond acceptors (Lipinski definition) is 5. The van der Waals surface area contributed by atoms with Gasteiger partial charge in [0, 0.05) is 44.8 Å². The van der Waals surface area contributed by atoms with Crippen LogP contribution < -0.4 is 4.74 Å². The quantitative estimate of drug-likeness (QED) is 0.530. The Bertz CT molecular complexity index is 578. The highest BCUT2D eigenvalue weighted by Crippen LogP contribution is 2.36. The number of likely N-dealkylation sites (N-methyl/N-ethyl adjacent to an activating group) is 2. The summed E-state index contributed by atoms with van der Waals surface area (Å²) in [5, 5.41) is 0. The molecule has 1 aromatic rings. The van der Waals surface area contributed by atoms with Gasteiger partial charge in [-0.25, -0.2) is 0 Å². The lowest BCUT2D eigenvalue weighted by atomic mass is 9.73. The average molecular weight is 404 g/mol. The molecule has 2 heterocycles. The van der Waals surface area contributed by atoms with Gasteiger partial charge in [-0.3, -0.25) is 0 Å². The minimum Gasteiger partial charge on any atom is -0.494 e. The predicted molar refractivity (Wildman–Crippen MR) is 120 cm³/mol. The summed E-state index contributed by atoms with van der Waals surface area (Å²) in [4.78, 5) is 7.28. The Labute approximate surface area is 177 Å². The molecular weight excluding hydrogens is 362 g/mol. The highest BCUT2D eigenvalue weighted by Gasteiger charge is 2.35. The lowest BCUT2D eigenvalue weighted by molar-refractivity contribution is 0.0367. The number of hydrogen-bond donors (Lipinski definition) is 0. The van der Waals surface area contributed by atoms with Gasteiger partial charge in [-0.15, -0.1) is 0 Å². The Morgan fingerprint density at radius 3 is 2.34 bits per heavy atom. The molecule has 0 amide bonds. The third-order valence-corrected chi connectivity index (χ3v) is 6.50. The van der Waals surface area contributed by atoms with E-state index in [1.165, 1.54) is 38.0 Å². The third-order valence-electron chi connectivity index (χ3n) is 6.50. The lowest BCUT2D eigenvalue weighted by Crippen LogP contribution is -2.45. The van der Waals surface area contributed by atoms with E-state index in [9.17, 15) is 0 Å². The topological polar surface area (TPSA) is 28.2 Å². The van der Waals surface area contributed by atoms with Gasteiger partial charge in [0.05, 0.1) is 6.61 Å². The fourth-order valence-corrected chi connectivity index (χ4v) is 4.66. The summed E-state index contributed by atoms with van der Waals surface area (Å²) in [6.07, 6.45) is 6.02. The molecule has 2 aliphatic rings. The zero-order valence-electron chi connectivity index (χ0n) is 18.9. The minimum atomic E-state index is 0.188. The van der Waals surface area contributed by atoms with E-state index in [0.29, 0.717) is 0 Å². The van der Waals surface area contributed by atoms with Crippen LogP contribution in [0.5, 0.6) is 5.75 Å². The molecule has 0 unspecified atom stereocenters. The van der Waals surface area contributed by atoms with Crippen molar-refractivity contribution in [3.8, 4) is 5.75 Å². The molecule has 1 aromatic carbocycles. The molecule has 2 fully saturated rings. The molecule has 29 heavy (non-hydrogen) atoms. The minimum absolute atomic E-state index is 0.188. The zero-order chi connectivity index (χ0) is 20.5. The first-order valence-electron chi connectivity index (χ1n) is 11.4. The fraction of sp³-hybridized carbons (Fsp3) is 0.750. The molecule has 5 heteroatoms. The molecule has 0 atom stereocenters. The van der Waals surface area contributed by atoms with Crippen molar-refractivity contribution in [1.29, 1.82) is 0 Å².